The molecule has 118 valence electrons. The second kappa shape index (κ2) is 7.02. The lowest BCUT2D eigenvalue weighted by molar-refractivity contribution is -0.174. The molecule has 1 aromatic rings. The summed E-state index contributed by atoms with van der Waals surface area (Å²) in [5.41, 5.74) is 2.23. The van der Waals surface area contributed by atoms with Gasteiger partial charge in [-0.1, -0.05) is 12.1 Å². The highest BCUT2D eigenvalue weighted by Gasteiger charge is 2.27. The van der Waals surface area contributed by atoms with Crippen LogP contribution >= 0.6 is 0 Å². The molecule has 1 unspecified atom stereocenters. The summed E-state index contributed by atoms with van der Waals surface area (Å²) >= 11 is 0. The summed E-state index contributed by atoms with van der Waals surface area (Å²) in [6.07, 6.45) is -1.74. The number of hydrogen-bond donors (Lipinski definition) is 1. The number of nitrogens with one attached hydrogen (secondary N) is 1. The maximum Gasteiger partial charge on any atom is 0.411 e. The minimum absolute atomic E-state index is 0.0400. The zero-order valence-corrected chi connectivity index (χ0v) is 12.0. The van der Waals surface area contributed by atoms with E-state index < -0.39 is 12.8 Å². The third kappa shape index (κ3) is 5.12. The van der Waals surface area contributed by atoms with Crippen LogP contribution < -0.4 is 10.1 Å². The van der Waals surface area contributed by atoms with Crippen LogP contribution in [-0.4, -0.2) is 32.0 Å². The Hall–Kier alpha value is -1.43. The van der Waals surface area contributed by atoms with Gasteiger partial charge in [0.2, 0.25) is 0 Å². The number of benzene rings is 1. The Balaban J connectivity index is 1.76. The lowest BCUT2D eigenvalue weighted by Gasteiger charge is -2.26. The fraction of sp³-hybridized carbons (Fsp3) is 0.600. The maximum absolute atomic E-state index is 11.9. The third-order valence-electron chi connectivity index (χ3n) is 3.31. The van der Waals surface area contributed by atoms with E-state index >= 15 is 0 Å². The van der Waals surface area contributed by atoms with Crippen molar-refractivity contribution in [1.29, 1.82) is 0 Å². The number of anilines is 1. The molecule has 1 heterocycles. The molecule has 0 amide bonds. The number of ether oxygens (including phenoxy) is 2. The summed E-state index contributed by atoms with van der Waals surface area (Å²) in [6, 6.07) is 6.28. The van der Waals surface area contributed by atoms with Crippen LogP contribution in [0.1, 0.15) is 25.3 Å². The normalized spacial score (nSPS) is 18.0. The Bertz CT molecular complexity index is 463. The van der Waals surface area contributed by atoms with Gasteiger partial charge in [-0.2, -0.15) is 13.2 Å². The van der Waals surface area contributed by atoms with E-state index in [1.807, 2.05) is 12.1 Å². The Morgan fingerprint density at radius 1 is 1.29 bits per heavy atom. The second-order valence-electron chi connectivity index (χ2n) is 5.24. The van der Waals surface area contributed by atoms with Crippen molar-refractivity contribution in [3.63, 3.8) is 0 Å². The first-order valence-corrected chi connectivity index (χ1v) is 7.11. The number of aryl methyl sites for hydroxylation is 1. The average molecular weight is 303 g/mol. The molecule has 0 aromatic heterocycles. The molecule has 0 saturated carbocycles. The first-order chi connectivity index (χ1) is 9.96. The van der Waals surface area contributed by atoms with E-state index in [2.05, 4.69) is 23.0 Å². The molecule has 0 radical (unpaired) electrons. The van der Waals surface area contributed by atoms with Gasteiger partial charge in [0.05, 0.1) is 18.9 Å². The summed E-state index contributed by atoms with van der Waals surface area (Å²) in [6.45, 7) is 1.29. The molecule has 0 bridgehead atoms. The number of para-hydroxylation sites is 1. The molecule has 1 N–H and O–H groups in total. The molecule has 1 atom stereocenters. The van der Waals surface area contributed by atoms with Gasteiger partial charge in [0.15, 0.2) is 0 Å². The van der Waals surface area contributed by atoms with Crippen LogP contribution in [0.25, 0.3) is 0 Å². The van der Waals surface area contributed by atoms with Crippen LogP contribution in [0.15, 0.2) is 18.2 Å². The van der Waals surface area contributed by atoms with Gasteiger partial charge in [0.1, 0.15) is 12.4 Å². The van der Waals surface area contributed by atoms with Gasteiger partial charge in [0.25, 0.3) is 0 Å². The van der Waals surface area contributed by atoms with Gasteiger partial charge in [-0.3, -0.25) is 0 Å². The van der Waals surface area contributed by atoms with Gasteiger partial charge < -0.3 is 14.8 Å². The number of alkyl halides is 3. The van der Waals surface area contributed by atoms with Crippen molar-refractivity contribution in [3.8, 4) is 5.75 Å². The summed E-state index contributed by atoms with van der Waals surface area (Å²) in [4.78, 5) is 0. The maximum atomic E-state index is 11.9. The van der Waals surface area contributed by atoms with Crippen LogP contribution in [0.2, 0.25) is 0 Å². The Kier molecular flexibility index (Phi) is 5.33. The molecule has 21 heavy (non-hydrogen) atoms. The quantitative estimate of drug-likeness (QED) is 0.811. The second-order valence-corrected chi connectivity index (χ2v) is 5.24. The highest BCUT2D eigenvalue weighted by molar-refractivity contribution is 5.63. The van der Waals surface area contributed by atoms with Crippen molar-refractivity contribution in [2.24, 2.45) is 0 Å². The summed E-state index contributed by atoms with van der Waals surface area (Å²) < 4.78 is 45.9. The molecule has 2 rings (SSSR count). The van der Waals surface area contributed by atoms with Gasteiger partial charge in [-0.15, -0.1) is 0 Å². The first kappa shape index (κ1) is 15.9. The number of rotatable bonds is 6. The molecular weight excluding hydrogens is 283 g/mol. The zero-order valence-electron chi connectivity index (χ0n) is 12.0. The van der Waals surface area contributed by atoms with Crippen molar-refractivity contribution in [3.05, 3.63) is 23.8 Å². The lowest BCUT2D eigenvalue weighted by Crippen LogP contribution is -2.22. The van der Waals surface area contributed by atoms with Crippen LogP contribution in [0.3, 0.4) is 0 Å². The highest BCUT2D eigenvalue weighted by Crippen LogP contribution is 2.33. The lowest BCUT2D eigenvalue weighted by atomic mass is 9.98. The Morgan fingerprint density at radius 3 is 2.86 bits per heavy atom. The number of hydrogen-bond acceptors (Lipinski definition) is 3. The van der Waals surface area contributed by atoms with Crippen molar-refractivity contribution >= 4 is 5.69 Å². The van der Waals surface area contributed by atoms with Crippen LogP contribution in [0.4, 0.5) is 18.9 Å². The Labute approximate surface area is 122 Å². The van der Waals surface area contributed by atoms with Crippen LogP contribution in [-0.2, 0) is 11.2 Å². The van der Waals surface area contributed by atoms with Gasteiger partial charge in [-0.25, -0.2) is 0 Å². The van der Waals surface area contributed by atoms with Gasteiger partial charge in [0, 0.05) is 12.5 Å². The largest absolute Gasteiger partial charge is 0.491 e. The van der Waals surface area contributed by atoms with E-state index in [0.29, 0.717) is 19.1 Å². The molecule has 0 spiro atoms. The minimum atomic E-state index is -4.26. The number of fused-ring (bicyclic) bond motifs is 1. The first-order valence-electron chi connectivity index (χ1n) is 7.11. The molecule has 0 saturated heterocycles. The smallest absolute Gasteiger partial charge is 0.411 e. The fourth-order valence-corrected chi connectivity index (χ4v) is 2.29. The van der Waals surface area contributed by atoms with E-state index in [4.69, 9.17) is 4.74 Å². The van der Waals surface area contributed by atoms with E-state index in [-0.39, 0.29) is 6.61 Å². The number of halogens is 3. The van der Waals surface area contributed by atoms with Crippen molar-refractivity contribution in [2.45, 2.75) is 38.4 Å². The van der Waals surface area contributed by atoms with E-state index in [1.165, 1.54) is 5.56 Å². The molecule has 1 aliphatic rings. The van der Waals surface area contributed by atoms with Crippen LogP contribution in [0.5, 0.6) is 5.75 Å². The standard InChI is InChI=1S/C15H20F3NO2/c1-11-6-7-12-4-2-5-13(14(12)19-11)21-9-3-8-20-10-15(16,17)18/h2,4-5,11,19H,3,6-10H2,1H3. The molecule has 0 fully saturated rings. The van der Waals surface area contributed by atoms with Crippen molar-refractivity contribution in [2.75, 3.05) is 25.1 Å². The average Bonchev–Trinajstić information content (AvgIpc) is 2.41. The SMILES string of the molecule is CC1CCc2cccc(OCCCOCC(F)(F)F)c2N1. The fourth-order valence-electron chi connectivity index (χ4n) is 2.29. The Morgan fingerprint density at radius 2 is 2.10 bits per heavy atom. The summed E-state index contributed by atoms with van der Waals surface area (Å²) in [5, 5.41) is 3.40. The van der Waals surface area contributed by atoms with Crippen molar-refractivity contribution < 1.29 is 22.6 Å². The highest BCUT2D eigenvalue weighted by atomic mass is 19.4. The predicted molar refractivity (Wildman–Crippen MR) is 74.8 cm³/mol. The molecular formula is C15H20F3NO2. The molecule has 1 aromatic carbocycles. The molecule has 6 heteroatoms. The van der Waals surface area contributed by atoms with E-state index in [0.717, 1.165) is 24.3 Å². The van der Waals surface area contributed by atoms with Gasteiger partial charge in [-0.05, 0) is 31.4 Å². The monoisotopic (exact) mass is 303 g/mol. The van der Waals surface area contributed by atoms with Crippen molar-refractivity contribution in [1.82, 2.24) is 0 Å². The molecule has 1 aliphatic heterocycles. The summed E-state index contributed by atoms with van der Waals surface area (Å²) in [7, 11) is 0. The summed E-state index contributed by atoms with van der Waals surface area (Å²) in [5.74, 6) is 0.759. The third-order valence-corrected chi connectivity index (χ3v) is 3.31. The minimum Gasteiger partial charge on any atom is -0.491 e. The van der Waals surface area contributed by atoms with Gasteiger partial charge >= 0.3 is 6.18 Å². The van der Waals surface area contributed by atoms with E-state index in [1.54, 1.807) is 0 Å². The van der Waals surface area contributed by atoms with Crippen LogP contribution in [0, 0.1) is 0 Å². The molecule has 0 aliphatic carbocycles. The topological polar surface area (TPSA) is 30.5 Å². The predicted octanol–water partition coefficient (Wildman–Crippen LogP) is 3.78. The van der Waals surface area contributed by atoms with E-state index in [9.17, 15) is 13.2 Å². The zero-order chi connectivity index (χ0) is 15.3. The molecule has 3 nitrogen and oxygen atoms in total.